The summed E-state index contributed by atoms with van der Waals surface area (Å²) >= 11 is 1.54. The minimum absolute atomic E-state index is 0.00486. The predicted molar refractivity (Wildman–Crippen MR) is 82.9 cm³/mol. The van der Waals surface area contributed by atoms with Crippen LogP contribution in [0.2, 0.25) is 0 Å². The molecule has 1 aliphatic heterocycles. The van der Waals surface area contributed by atoms with Crippen LogP contribution < -0.4 is 5.32 Å². The van der Waals surface area contributed by atoms with Gasteiger partial charge in [-0.05, 0) is 26.2 Å². The van der Waals surface area contributed by atoms with E-state index in [0.29, 0.717) is 25.3 Å². The van der Waals surface area contributed by atoms with E-state index in [1.165, 1.54) is 11.3 Å². The minimum Gasteiger partial charge on any atom is -0.344 e. The van der Waals surface area contributed by atoms with Crippen molar-refractivity contribution in [3.63, 3.8) is 0 Å². The second-order valence-corrected chi connectivity index (χ2v) is 7.28. The first-order valence-electron chi connectivity index (χ1n) is 7.33. The maximum absolute atomic E-state index is 12.9. The molecule has 0 aliphatic carbocycles. The normalized spacial score (nSPS) is 20.6. The lowest BCUT2D eigenvalue weighted by Gasteiger charge is -2.37. The molecule has 0 radical (unpaired) electrons. The summed E-state index contributed by atoms with van der Waals surface area (Å²) in [5.41, 5.74) is -0.493. The molecular formula is C15H23N3O2S. The number of hydrogen-bond acceptors (Lipinski definition) is 4. The molecule has 21 heavy (non-hydrogen) atoms. The summed E-state index contributed by atoms with van der Waals surface area (Å²) in [5, 5.41) is 5.67. The lowest BCUT2D eigenvalue weighted by Crippen LogP contribution is -2.51. The third-order valence-electron chi connectivity index (χ3n) is 3.80. The Labute approximate surface area is 129 Å². The van der Waals surface area contributed by atoms with E-state index >= 15 is 0 Å². The van der Waals surface area contributed by atoms with Crippen LogP contribution in [0.4, 0.5) is 0 Å². The standard InChI is InChI=1S/C15H23N3O2S/c1-10(2)9-11-13(20)18(7-5-12(19)17-11)15(3,4)14-16-6-8-21-14/h6,8,10-11H,5,7,9H2,1-4H3,(H,17,19). The molecule has 1 aliphatic rings. The van der Waals surface area contributed by atoms with Crippen LogP contribution in [0.3, 0.4) is 0 Å². The van der Waals surface area contributed by atoms with Crippen LogP contribution in [0.25, 0.3) is 0 Å². The van der Waals surface area contributed by atoms with Crippen LogP contribution in [0.5, 0.6) is 0 Å². The molecule has 0 spiro atoms. The first kappa shape index (κ1) is 15.9. The van der Waals surface area contributed by atoms with Gasteiger partial charge in [-0.3, -0.25) is 9.59 Å². The van der Waals surface area contributed by atoms with Crippen molar-refractivity contribution < 1.29 is 9.59 Å². The highest BCUT2D eigenvalue weighted by Gasteiger charge is 2.40. The van der Waals surface area contributed by atoms with Gasteiger partial charge in [0.1, 0.15) is 11.0 Å². The Morgan fingerprint density at radius 1 is 1.48 bits per heavy atom. The Morgan fingerprint density at radius 2 is 2.19 bits per heavy atom. The molecule has 1 N–H and O–H groups in total. The molecular weight excluding hydrogens is 286 g/mol. The maximum atomic E-state index is 12.9. The summed E-state index contributed by atoms with van der Waals surface area (Å²) in [7, 11) is 0. The highest BCUT2D eigenvalue weighted by Crippen LogP contribution is 2.31. The first-order valence-corrected chi connectivity index (χ1v) is 8.21. The van der Waals surface area contributed by atoms with Crippen molar-refractivity contribution in [3.8, 4) is 0 Å². The van der Waals surface area contributed by atoms with Gasteiger partial charge >= 0.3 is 0 Å². The predicted octanol–water partition coefficient (Wildman–Crippen LogP) is 2.14. The SMILES string of the molecule is CC(C)CC1NC(=O)CCN(C(C)(C)c2nccs2)C1=O. The van der Waals surface area contributed by atoms with Crippen LogP contribution in [-0.4, -0.2) is 34.3 Å². The molecule has 0 saturated carbocycles. The molecule has 1 saturated heterocycles. The van der Waals surface area contributed by atoms with E-state index < -0.39 is 11.6 Å². The molecule has 2 amide bonds. The summed E-state index contributed by atoms with van der Waals surface area (Å²) in [4.78, 5) is 30.9. The smallest absolute Gasteiger partial charge is 0.245 e. The molecule has 1 fully saturated rings. The van der Waals surface area contributed by atoms with Crippen LogP contribution in [0.1, 0.15) is 45.5 Å². The highest BCUT2D eigenvalue weighted by atomic mass is 32.1. The van der Waals surface area contributed by atoms with Crippen LogP contribution in [0.15, 0.2) is 11.6 Å². The number of rotatable bonds is 4. The van der Waals surface area contributed by atoms with Crippen molar-refractivity contribution in [2.75, 3.05) is 6.54 Å². The van der Waals surface area contributed by atoms with Crippen LogP contribution in [-0.2, 0) is 15.1 Å². The number of amides is 2. The minimum atomic E-state index is -0.493. The van der Waals surface area contributed by atoms with Crippen molar-refractivity contribution >= 4 is 23.2 Å². The van der Waals surface area contributed by atoms with Gasteiger partial charge in [0.25, 0.3) is 0 Å². The Morgan fingerprint density at radius 3 is 2.76 bits per heavy atom. The summed E-state index contributed by atoms with van der Waals surface area (Å²) in [6.45, 7) is 8.53. The van der Waals surface area contributed by atoms with Crippen molar-refractivity contribution in [2.24, 2.45) is 5.92 Å². The van der Waals surface area contributed by atoms with Gasteiger partial charge in [0.2, 0.25) is 11.8 Å². The van der Waals surface area contributed by atoms with E-state index in [2.05, 4.69) is 24.1 Å². The number of hydrogen-bond donors (Lipinski definition) is 1. The summed E-state index contributed by atoms with van der Waals surface area (Å²) in [6, 6.07) is -0.431. The van der Waals surface area contributed by atoms with E-state index in [1.807, 2.05) is 19.2 Å². The summed E-state index contributed by atoms with van der Waals surface area (Å²) in [6.07, 6.45) is 2.75. The zero-order valence-electron chi connectivity index (χ0n) is 13.0. The molecule has 0 bridgehead atoms. The fraction of sp³-hybridized carbons (Fsp3) is 0.667. The van der Waals surface area contributed by atoms with Gasteiger partial charge in [0.05, 0.1) is 5.54 Å². The largest absolute Gasteiger partial charge is 0.344 e. The molecule has 1 unspecified atom stereocenters. The molecule has 1 aromatic rings. The molecule has 0 aromatic carbocycles. The molecule has 116 valence electrons. The second kappa shape index (κ2) is 6.13. The fourth-order valence-electron chi connectivity index (χ4n) is 2.67. The number of thiazole rings is 1. The van der Waals surface area contributed by atoms with Gasteiger partial charge in [0, 0.05) is 24.5 Å². The Balaban J connectivity index is 2.29. The van der Waals surface area contributed by atoms with E-state index in [9.17, 15) is 9.59 Å². The second-order valence-electron chi connectivity index (χ2n) is 6.39. The monoisotopic (exact) mass is 309 g/mol. The van der Waals surface area contributed by atoms with Gasteiger partial charge in [-0.15, -0.1) is 11.3 Å². The number of carbonyl (C=O) groups excluding carboxylic acids is 2. The highest BCUT2D eigenvalue weighted by molar-refractivity contribution is 7.09. The zero-order valence-corrected chi connectivity index (χ0v) is 13.9. The average molecular weight is 309 g/mol. The van der Waals surface area contributed by atoms with Crippen molar-refractivity contribution in [1.82, 2.24) is 15.2 Å². The van der Waals surface area contributed by atoms with E-state index in [0.717, 1.165) is 5.01 Å². The summed E-state index contributed by atoms with van der Waals surface area (Å²) < 4.78 is 0. The number of nitrogens with zero attached hydrogens (tertiary/aromatic N) is 2. The molecule has 6 heteroatoms. The van der Waals surface area contributed by atoms with Crippen molar-refractivity contribution in [3.05, 3.63) is 16.6 Å². The number of carbonyl (C=O) groups is 2. The van der Waals surface area contributed by atoms with Crippen molar-refractivity contribution in [2.45, 2.75) is 52.1 Å². The fourth-order valence-corrected chi connectivity index (χ4v) is 3.44. The summed E-state index contributed by atoms with van der Waals surface area (Å²) in [5.74, 6) is 0.295. The van der Waals surface area contributed by atoms with Gasteiger partial charge in [-0.1, -0.05) is 13.8 Å². The molecule has 1 atom stereocenters. The first-order chi connectivity index (χ1) is 9.82. The maximum Gasteiger partial charge on any atom is 0.245 e. The Bertz CT molecular complexity index is 511. The average Bonchev–Trinajstić information content (AvgIpc) is 2.87. The number of aromatic nitrogens is 1. The quantitative estimate of drug-likeness (QED) is 0.927. The van der Waals surface area contributed by atoms with Crippen LogP contribution >= 0.6 is 11.3 Å². The van der Waals surface area contributed by atoms with Gasteiger partial charge < -0.3 is 10.2 Å². The Hall–Kier alpha value is -1.43. The number of nitrogens with one attached hydrogen (secondary N) is 1. The molecule has 1 aromatic heterocycles. The third-order valence-corrected chi connectivity index (χ3v) is 4.89. The van der Waals surface area contributed by atoms with Gasteiger partial charge in [-0.2, -0.15) is 0 Å². The van der Waals surface area contributed by atoms with Gasteiger partial charge in [0.15, 0.2) is 0 Å². The zero-order chi connectivity index (χ0) is 15.6. The van der Waals surface area contributed by atoms with E-state index in [4.69, 9.17) is 0 Å². The van der Waals surface area contributed by atoms with Gasteiger partial charge in [-0.25, -0.2) is 4.98 Å². The Kier molecular flexibility index (Phi) is 4.66. The van der Waals surface area contributed by atoms with E-state index in [1.54, 1.807) is 11.1 Å². The third kappa shape index (κ3) is 3.43. The van der Waals surface area contributed by atoms with E-state index in [-0.39, 0.29) is 11.8 Å². The lowest BCUT2D eigenvalue weighted by atomic mass is 9.98. The lowest BCUT2D eigenvalue weighted by molar-refractivity contribution is -0.139. The molecule has 2 rings (SSSR count). The van der Waals surface area contributed by atoms with Crippen LogP contribution in [0, 0.1) is 5.92 Å². The molecule has 2 heterocycles. The topological polar surface area (TPSA) is 62.3 Å². The molecule has 5 nitrogen and oxygen atoms in total. The van der Waals surface area contributed by atoms with Crippen molar-refractivity contribution in [1.29, 1.82) is 0 Å².